The Labute approximate surface area is 115 Å². The fourth-order valence-corrected chi connectivity index (χ4v) is 2.32. The normalized spacial score (nSPS) is 14.7. The standard InChI is InChI=1S/C13H24ClN3O/c1-5-8-17-13(11(14)9-16-17)12(15-3)7-6-10(2)18-4/h9-10,12,15H,5-8H2,1-4H3. The molecule has 0 aliphatic carbocycles. The van der Waals surface area contributed by atoms with Gasteiger partial charge in [0.25, 0.3) is 0 Å². The second kappa shape index (κ2) is 7.77. The molecule has 0 fully saturated rings. The summed E-state index contributed by atoms with van der Waals surface area (Å²) in [5.74, 6) is 0. The molecular weight excluding hydrogens is 250 g/mol. The number of methoxy groups -OCH3 is 1. The zero-order valence-electron chi connectivity index (χ0n) is 11.7. The lowest BCUT2D eigenvalue weighted by Gasteiger charge is -2.20. The summed E-state index contributed by atoms with van der Waals surface area (Å²) in [5.41, 5.74) is 1.09. The van der Waals surface area contributed by atoms with Gasteiger partial charge in [-0.3, -0.25) is 4.68 Å². The van der Waals surface area contributed by atoms with E-state index in [0.29, 0.717) is 0 Å². The van der Waals surface area contributed by atoms with E-state index in [1.807, 2.05) is 11.7 Å². The summed E-state index contributed by atoms with van der Waals surface area (Å²) in [6, 6.07) is 0.226. The molecule has 1 heterocycles. The molecule has 5 heteroatoms. The van der Waals surface area contributed by atoms with Gasteiger partial charge in [0.15, 0.2) is 0 Å². The summed E-state index contributed by atoms with van der Waals surface area (Å²) in [4.78, 5) is 0. The molecule has 2 atom stereocenters. The van der Waals surface area contributed by atoms with E-state index >= 15 is 0 Å². The van der Waals surface area contributed by atoms with E-state index in [9.17, 15) is 0 Å². The van der Waals surface area contributed by atoms with Gasteiger partial charge in [0, 0.05) is 13.7 Å². The molecule has 0 saturated heterocycles. The minimum absolute atomic E-state index is 0.226. The van der Waals surface area contributed by atoms with E-state index in [2.05, 4.69) is 24.3 Å². The molecule has 0 bridgehead atoms. The lowest BCUT2D eigenvalue weighted by Crippen LogP contribution is -2.22. The number of ether oxygens (including phenoxy) is 1. The molecule has 104 valence electrons. The first-order chi connectivity index (χ1) is 8.63. The van der Waals surface area contributed by atoms with Crippen LogP contribution in [0.4, 0.5) is 0 Å². The van der Waals surface area contributed by atoms with Gasteiger partial charge in [0.2, 0.25) is 0 Å². The van der Waals surface area contributed by atoms with Crippen LogP contribution in [-0.4, -0.2) is 30.0 Å². The van der Waals surface area contributed by atoms with E-state index in [1.165, 1.54) is 0 Å². The Morgan fingerprint density at radius 3 is 2.78 bits per heavy atom. The topological polar surface area (TPSA) is 39.1 Å². The number of nitrogens with zero attached hydrogens (tertiary/aromatic N) is 2. The molecule has 0 saturated carbocycles. The Bertz CT molecular complexity index is 354. The smallest absolute Gasteiger partial charge is 0.0834 e. The maximum Gasteiger partial charge on any atom is 0.0834 e. The van der Waals surface area contributed by atoms with E-state index in [4.69, 9.17) is 16.3 Å². The second-order valence-corrected chi connectivity index (χ2v) is 4.97. The summed E-state index contributed by atoms with van der Waals surface area (Å²) in [7, 11) is 3.70. The molecule has 2 unspecified atom stereocenters. The van der Waals surface area contributed by atoms with Crippen molar-refractivity contribution >= 4 is 11.6 Å². The van der Waals surface area contributed by atoms with Crippen molar-refractivity contribution in [3.8, 4) is 0 Å². The predicted octanol–water partition coefficient (Wildman–Crippen LogP) is 3.02. The number of nitrogens with one attached hydrogen (secondary N) is 1. The predicted molar refractivity (Wildman–Crippen MR) is 75.0 cm³/mol. The third-order valence-electron chi connectivity index (χ3n) is 3.21. The van der Waals surface area contributed by atoms with Gasteiger partial charge < -0.3 is 10.1 Å². The van der Waals surface area contributed by atoms with Crippen molar-refractivity contribution in [1.82, 2.24) is 15.1 Å². The average molecular weight is 274 g/mol. The average Bonchev–Trinajstić information content (AvgIpc) is 2.72. The number of aromatic nitrogens is 2. The molecule has 0 aliphatic rings. The first kappa shape index (κ1) is 15.5. The highest BCUT2D eigenvalue weighted by Crippen LogP contribution is 2.26. The highest BCUT2D eigenvalue weighted by Gasteiger charge is 2.19. The third-order valence-corrected chi connectivity index (χ3v) is 3.50. The van der Waals surface area contributed by atoms with Crippen LogP contribution >= 0.6 is 11.6 Å². The van der Waals surface area contributed by atoms with Crippen molar-refractivity contribution in [2.45, 2.75) is 51.8 Å². The second-order valence-electron chi connectivity index (χ2n) is 4.57. The zero-order valence-corrected chi connectivity index (χ0v) is 12.5. The van der Waals surface area contributed by atoms with E-state index < -0.39 is 0 Å². The molecule has 1 aromatic rings. The first-order valence-corrected chi connectivity index (χ1v) is 6.93. The fourth-order valence-electron chi connectivity index (χ4n) is 2.05. The Morgan fingerprint density at radius 1 is 1.50 bits per heavy atom. The van der Waals surface area contributed by atoms with Crippen molar-refractivity contribution in [3.05, 3.63) is 16.9 Å². The van der Waals surface area contributed by atoms with E-state index in [0.717, 1.165) is 36.5 Å². The Balaban J connectivity index is 2.77. The summed E-state index contributed by atoms with van der Waals surface area (Å²) in [5, 5.41) is 8.40. The maximum atomic E-state index is 6.25. The van der Waals surface area contributed by atoms with Gasteiger partial charge >= 0.3 is 0 Å². The molecule has 1 rings (SSSR count). The van der Waals surface area contributed by atoms with Gasteiger partial charge in [-0.15, -0.1) is 0 Å². The van der Waals surface area contributed by atoms with E-state index in [-0.39, 0.29) is 12.1 Å². The maximum absolute atomic E-state index is 6.25. The van der Waals surface area contributed by atoms with Crippen LogP contribution in [-0.2, 0) is 11.3 Å². The van der Waals surface area contributed by atoms with Crippen LogP contribution in [0.3, 0.4) is 0 Å². The van der Waals surface area contributed by atoms with Crippen LogP contribution in [0, 0.1) is 0 Å². The highest BCUT2D eigenvalue weighted by molar-refractivity contribution is 6.31. The Morgan fingerprint density at radius 2 is 2.22 bits per heavy atom. The molecule has 0 spiro atoms. The number of hydrogen-bond donors (Lipinski definition) is 1. The van der Waals surface area contributed by atoms with Crippen LogP contribution < -0.4 is 5.32 Å². The molecule has 18 heavy (non-hydrogen) atoms. The Hall–Kier alpha value is -0.580. The molecule has 0 aliphatic heterocycles. The number of hydrogen-bond acceptors (Lipinski definition) is 3. The summed E-state index contributed by atoms with van der Waals surface area (Å²) in [6.45, 7) is 5.12. The first-order valence-electron chi connectivity index (χ1n) is 6.55. The van der Waals surface area contributed by atoms with Crippen LogP contribution in [0.5, 0.6) is 0 Å². The van der Waals surface area contributed by atoms with Crippen LogP contribution in [0.2, 0.25) is 5.02 Å². The lowest BCUT2D eigenvalue weighted by molar-refractivity contribution is 0.106. The highest BCUT2D eigenvalue weighted by atomic mass is 35.5. The zero-order chi connectivity index (χ0) is 13.5. The number of aryl methyl sites for hydroxylation is 1. The van der Waals surface area contributed by atoms with Crippen molar-refractivity contribution in [2.24, 2.45) is 0 Å². The number of halogens is 1. The van der Waals surface area contributed by atoms with Crippen LogP contribution in [0.25, 0.3) is 0 Å². The van der Waals surface area contributed by atoms with Gasteiger partial charge in [-0.25, -0.2) is 0 Å². The fraction of sp³-hybridized carbons (Fsp3) is 0.769. The lowest BCUT2D eigenvalue weighted by atomic mass is 10.1. The van der Waals surface area contributed by atoms with Crippen LogP contribution in [0.1, 0.15) is 44.8 Å². The SMILES string of the molecule is CCCn1ncc(Cl)c1C(CCC(C)OC)NC. The van der Waals surface area contributed by atoms with Gasteiger partial charge in [-0.05, 0) is 33.2 Å². The van der Waals surface area contributed by atoms with E-state index in [1.54, 1.807) is 13.3 Å². The molecule has 0 radical (unpaired) electrons. The summed E-state index contributed by atoms with van der Waals surface area (Å²) < 4.78 is 7.29. The minimum Gasteiger partial charge on any atom is -0.382 e. The molecular formula is C13H24ClN3O. The Kier molecular flexibility index (Phi) is 6.68. The van der Waals surface area contributed by atoms with Crippen molar-refractivity contribution in [1.29, 1.82) is 0 Å². The van der Waals surface area contributed by atoms with Gasteiger partial charge in [0.05, 0.1) is 29.1 Å². The van der Waals surface area contributed by atoms with Crippen molar-refractivity contribution < 1.29 is 4.74 Å². The molecule has 0 amide bonds. The van der Waals surface area contributed by atoms with Crippen molar-refractivity contribution in [3.63, 3.8) is 0 Å². The van der Waals surface area contributed by atoms with Gasteiger partial charge in [-0.1, -0.05) is 18.5 Å². The monoisotopic (exact) mass is 273 g/mol. The van der Waals surface area contributed by atoms with Crippen LogP contribution in [0.15, 0.2) is 6.20 Å². The van der Waals surface area contributed by atoms with Gasteiger partial charge in [0.1, 0.15) is 0 Å². The summed E-state index contributed by atoms with van der Waals surface area (Å²) >= 11 is 6.25. The van der Waals surface area contributed by atoms with Gasteiger partial charge in [-0.2, -0.15) is 5.10 Å². The third kappa shape index (κ3) is 3.97. The molecule has 1 N–H and O–H groups in total. The van der Waals surface area contributed by atoms with Crippen molar-refractivity contribution in [2.75, 3.05) is 14.2 Å². The number of rotatable bonds is 8. The largest absolute Gasteiger partial charge is 0.382 e. The molecule has 1 aromatic heterocycles. The molecule has 4 nitrogen and oxygen atoms in total. The molecule has 0 aromatic carbocycles. The quantitative estimate of drug-likeness (QED) is 0.791. The minimum atomic E-state index is 0.226. The summed E-state index contributed by atoms with van der Waals surface area (Å²) in [6.07, 6.45) is 5.03.